The maximum atomic E-state index is 12.1. The molecule has 1 fully saturated rings. The lowest BCUT2D eigenvalue weighted by Gasteiger charge is -2.31. The van der Waals surface area contributed by atoms with Crippen LogP contribution in [0.2, 0.25) is 0 Å². The Morgan fingerprint density at radius 2 is 2.00 bits per heavy atom. The third-order valence-electron chi connectivity index (χ3n) is 3.76. The number of carbonyl (C=O) groups excluding carboxylic acids is 2. The fraction of sp³-hybridized carbons (Fsp3) is 0.467. The number of nitrogens with one attached hydrogen (secondary N) is 1. The van der Waals surface area contributed by atoms with Crippen LogP contribution in [0.5, 0.6) is 5.75 Å². The van der Waals surface area contributed by atoms with Crippen LogP contribution in [0.3, 0.4) is 0 Å². The maximum Gasteiger partial charge on any atom is 0.246 e. The third-order valence-corrected chi connectivity index (χ3v) is 3.76. The van der Waals surface area contributed by atoms with E-state index in [9.17, 15) is 14.7 Å². The number of carbonyl (C=O) groups is 2. The van der Waals surface area contributed by atoms with E-state index in [0.29, 0.717) is 12.8 Å². The summed E-state index contributed by atoms with van der Waals surface area (Å²) in [5, 5.41) is 12.6. The number of benzene rings is 1. The zero-order valence-electron chi connectivity index (χ0n) is 11.8. The van der Waals surface area contributed by atoms with E-state index in [-0.39, 0.29) is 29.6 Å². The summed E-state index contributed by atoms with van der Waals surface area (Å²) in [5.41, 5.74) is 1.03. The fourth-order valence-corrected chi connectivity index (χ4v) is 2.47. The first-order valence-electron chi connectivity index (χ1n) is 6.88. The van der Waals surface area contributed by atoms with Crippen molar-refractivity contribution in [2.24, 2.45) is 0 Å². The average molecular weight is 276 g/mol. The minimum atomic E-state index is -0.323. The van der Waals surface area contributed by atoms with Gasteiger partial charge in [0.1, 0.15) is 5.75 Å². The fourth-order valence-electron chi connectivity index (χ4n) is 2.47. The molecule has 1 heterocycles. The smallest absolute Gasteiger partial charge is 0.246 e. The van der Waals surface area contributed by atoms with Crippen molar-refractivity contribution in [1.29, 1.82) is 0 Å². The molecule has 2 atom stereocenters. The highest BCUT2D eigenvalue weighted by molar-refractivity contribution is 6.00. The van der Waals surface area contributed by atoms with Gasteiger partial charge in [0.2, 0.25) is 11.8 Å². The Morgan fingerprint density at radius 3 is 2.60 bits per heavy atom. The van der Waals surface area contributed by atoms with Gasteiger partial charge in [-0.1, -0.05) is 19.1 Å². The van der Waals surface area contributed by atoms with Gasteiger partial charge in [-0.3, -0.25) is 19.8 Å². The summed E-state index contributed by atoms with van der Waals surface area (Å²) >= 11 is 0. The van der Waals surface area contributed by atoms with Gasteiger partial charge in [-0.05, 0) is 30.5 Å². The minimum absolute atomic E-state index is 0.0335. The average Bonchev–Trinajstić information content (AvgIpc) is 2.45. The monoisotopic (exact) mass is 276 g/mol. The predicted molar refractivity (Wildman–Crippen MR) is 75.1 cm³/mol. The highest BCUT2D eigenvalue weighted by Crippen LogP contribution is 2.22. The van der Waals surface area contributed by atoms with Crippen molar-refractivity contribution in [2.75, 3.05) is 7.05 Å². The van der Waals surface area contributed by atoms with Gasteiger partial charge in [-0.2, -0.15) is 0 Å². The largest absolute Gasteiger partial charge is 0.508 e. The topological polar surface area (TPSA) is 69.6 Å². The van der Waals surface area contributed by atoms with Crippen LogP contribution in [-0.4, -0.2) is 34.9 Å². The summed E-state index contributed by atoms with van der Waals surface area (Å²) in [4.78, 5) is 24.7. The Kier molecular flexibility index (Phi) is 4.39. The number of likely N-dealkylation sites (tertiary alicyclic amines) is 1. The van der Waals surface area contributed by atoms with E-state index in [1.54, 1.807) is 12.1 Å². The number of likely N-dealkylation sites (N-methyl/N-ethyl adjacent to an activating group) is 1. The molecule has 0 aliphatic carbocycles. The van der Waals surface area contributed by atoms with Gasteiger partial charge in [0.25, 0.3) is 0 Å². The van der Waals surface area contributed by atoms with Gasteiger partial charge in [0, 0.05) is 19.5 Å². The van der Waals surface area contributed by atoms with Crippen molar-refractivity contribution >= 4 is 11.8 Å². The molecule has 0 radical (unpaired) electrons. The van der Waals surface area contributed by atoms with E-state index in [0.717, 1.165) is 12.0 Å². The van der Waals surface area contributed by atoms with Gasteiger partial charge in [0.15, 0.2) is 0 Å². The summed E-state index contributed by atoms with van der Waals surface area (Å²) in [6, 6.07) is 6.68. The van der Waals surface area contributed by atoms with Crippen LogP contribution in [0.25, 0.3) is 0 Å². The number of rotatable bonds is 4. The number of phenols is 1. The number of hydrogen-bond donors (Lipinski definition) is 2. The number of amides is 2. The number of aromatic hydroxyl groups is 1. The normalized spacial score (nSPS) is 21.1. The molecule has 0 spiro atoms. The Balaban J connectivity index is 2.08. The number of imide groups is 1. The van der Waals surface area contributed by atoms with Crippen LogP contribution < -0.4 is 5.32 Å². The summed E-state index contributed by atoms with van der Waals surface area (Å²) in [5.74, 6) is -0.0631. The number of nitrogens with zero attached hydrogens (tertiary/aromatic N) is 1. The van der Waals surface area contributed by atoms with E-state index in [1.165, 1.54) is 11.9 Å². The lowest BCUT2D eigenvalue weighted by atomic mass is 9.99. The molecule has 2 rings (SSSR count). The van der Waals surface area contributed by atoms with Crippen molar-refractivity contribution in [3.05, 3.63) is 29.8 Å². The Bertz CT molecular complexity index is 498. The second-order valence-corrected chi connectivity index (χ2v) is 5.10. The van der Waals surface area contributed by atoms with Gasteiger partial charge in [-0.15, -0.1) is 0 Å². The molecule has 20 heavy (non-hydrogen) atoms. The van der Waals surface area contributed by atoms with Crippen molar-refractivity contribution < 1.29 is 14.7 Å². The molecule has 2 unspecified atom stereocenters. The van der Waals surface area contributed by atoms with Gasteiger partial charge < -0.3 is 5.11 Å². The van der Waals surface area contributed by atoms with Crippen molar-refractivity contribution in [1.82, 2.24) is 10.2 Å². The second-order valence-electron chi connectivity index (χ2n) is 5.10. The van der Waals surface area contributed by atoms with E-state index in [2.05, 4.69) is 5.32 Å². The first-order chi connectivity index (χ1) is 9.52. The molecular formula is C15H20N2O3. The SMILES string of the molecule is CCC(NC1CCC(=O)N(C)C1=O)c1ccc(O)cc1. The number of piperidine rings is 1. The second kappa shape index (κ2) is 6.05. The molecule has 2 amide bonds. The van der Waals surface area contributed by atoms with Crippen LogP contribution in [-0.2, 0) is 9.59 Å². The Labute approximate surface area is 118 Å². The van der Waals surface area contributed by atoms with Gasteiger partial charge >= 0.3 is 0 Å². The Hall–Kier alpha value is -1.88. The molecule has 1 aliphatic rings. The standard InChI is InChI=1S/C15H20N2O3/c1-3-12(10-4-6-11(18)7-5-10)16-13-8-9-14(19)17(2)15(13)20/h4-7,12-13,16,18H,3,8-9H2,1-2H3. The van der Waals surface area contributed by atoms with Crippen molar-refractivity contribution in [3.63, 3.8) is 0 Å². The van der Waals surface area contributed by atoms with Crippen LogP contribution >= 0.6 is 0 Å². The quantitative estimate of drug-likeness (QED) is 0.819. The van der Waals surface area contributed by atoms with Crippen molar-refractivity contribution in [2.45, 2.75) is 38.3 Å². The molecule has 1 aliphatic heterocycles. The highest BCUT2D eigenvalue weighted by Gasteiger charge is 2.32. The maximum absolute atomic E-state index is 12.1. The van der Waals surface area contributed by atoms with Crippen molar-refractivity contribution in [3.8, 4) is 5.75 Å². The van der Waals surface area contributed by atoms with Crippen LogP contribution in [0.1, 0.15) is 37.8 Å². The lowest BCUT2D eigenvalue weighted by molar-refractivity contribution is -0.148. The molecular weight excluding hydrogens is 256 g/mol. The van der Waals surface area contributed by atoms with Gasteiger partial charge in [0.05, 0.1) is 6.04 Å². The van der Waals surface area contributed by atoms with E-state index in [4.69, 9.17) is 0 Å². The van der Waals surface area contributed by atoms with E-state index < -0.39 is 0 Å². The van der Waals surface area contributed by atoms with Crippen LogP contribution in [0.15, 0.2) is 24.3 Å². The molecule has 0 saturated carbocycles. The molecule has 2 N–H and O–H groups in total. The molecule has 0 aromatic heterocycles. The summed E-state index contributed by atoms with van der Waals surface area (Å²) in [6.45, 7) is 2.03. The highest BCUT2D eigenvalue weighted by atomic mass is 16.3. The lowest BCUT2D eigenvalue weighted by Crippen LogP contribution is -2.52. The zero-order valence-corrected chi connectivity index (χ0v) is 11.8. The molecule has 5 heteroatoms. The van der Waals surface area contributed by atoms with Gasteiger partial charge in [-0.25, -0.2) is 0 Å². The summed E-state index contributed by atoms with van der Waals surface area (Å²) in [7, 11) is 1.53. The molecule has 0 bridgehead atoms. The minimum Gasteiger partial charge on any atom is -0.508 e. The van der Waals surface area contributed by atoms with E-state index in [1.807, 2.05) is 19.1 Å². The number of phenolic OH excluding ortho intramolecular Hbond substituents is 1. The molecule has 1 aromatic rings. The van der Waals surface area contributed by atoms with E-state index >= 15 is 0 Å². The third kappa shape index (κ3) is 2.99. The molecule has 1 aromatic carbocycles. The summed E-state index contributed by atoms with van der Waals surface area (Å²) in [6.07, 6.45) is 1.76. The Morgan fingerprint density at radius 1 is 1.35 bits per heavy atom. The molecule has 1 saturated heterocycles. The zero-order chi connectivity index (χ0) is 14.7. The first-order valence-corrected chi connectivity index (χ1v) is 6.88. The van der Waals surface area contributed by atoms with Crippen LogP contribution in [0, 0.1) is 0 Å². The van der Waals surface area contributed by atoms with Crippen LogP contribution in [0.4, 0.5) is 0 Å². The first kappa shape index (κ1) is 14.5. The predicted octanol–water partition coefficient (Wildman–Crippen LogP) is 1.58. The molecule has 108 valence electrons. The summed E-state index contributed by atoms with van der Waals surface area (Å²) < 4.78 is 0. The molecule has 5 nitrogen and oxygen atoms in total. The number of hydrogen-bond acceptors (Lipinski definition) is 4.